The Morgan fingerprint density at radius 3 is 2.86 bits per heavy atom. The van der Waals surface area contributed by atoms with E-state index in [4.69, 9.17) is 4.74 Å². The molecule has 2 rings (SSSR count). The molecule has 4 heteroatoms. The van der Waals surface area contributed by atoms with Crippen LogP contribution in [0.25, 0.3) is 0 Å². The highest BCUT2D eigenvalue weighted by atomic mass is 19.1. The van der Waals surface area contributed by atoms with Gasteiger partial charge in [0.25, 0.3) is 0 Å². The number of fused-ring (bicyclic) bond motifs is 1. The largest absolute Gasteiger partial charge is 0.457 e. The minimum Gasteiger partial charge on any atom is -0.457 e. The number of hydrogen-bond acceptors (Lipinski definition) is 3. The van der Waals surface area contributed by atoms with Crippen molar-refractivity contribution in [2.24, 2.45) is 23.7 Å². The van der Waals surface area contributed by atoms with Crippen molar-refractivity contribution in [2.45, 2.75) is 52.2 Å². The van der Waals surface area contributed by atoms with E-state index in [1.165, 1.54) is 6.92 Å². The van der Waals surface area contributed by atoms with Crippen molar-refractivity contribution >= 4 is 5.97 Å². The Labute approximate surface area is 126 Å². The van der Waals surface area contributed by atoms with Gasteiger partial charge in [0.1, 0.15) is 6.10 Å². The Morgan fingerprint density at radius 2 is 2.29 bits per heavy atom. The van der Waals surface area contributed by atoms with Gasteiger partial charge < -0.3 is 9.84 Å². The molecule has 118 valence electrons. The van der Waals surface area contributed by atoms with Crippen molar-refractivity contribution in [1.29, 1.82) is 0 Å². The van der Waals surface area contributed by atoms with Crippen molar-refractivity contribution < 1.29 is 19.0 Å². The third-order valence-electron chi connectivity index (χ3n) is 5.13. The monoisotopic (exact) mass is 296 g/mol. The summed E-state index contributed by atoms with van der Waals surface area (Å²) in [7, 11) is 0. The van der Waals surface area contributed by atoms with Crippen LogP contribution in [0.5, 0.6) is 0 Å². The lowest BCUT2D eigenvalue weighted by molar-refractivity contribution is -0.148. The summed E-state index contributed by atoms with van der Waals surface area (Å²) in [5.41, 5.74) is -0.281. The zero-order valence-electron chi connectivity index (χ0n) is 13.2. The van der Waals surface area contributed by atoms with Crippen molar-refractivity contribution in [3.05, 3.63) is 18.1 Å². The fourth-order valence-corrected chi connectivity index (χ4v) is 3.72. The quantitative estimate of drug-likeness (QED) is 0.643. The Balaban J connectivity index is 2.33. The Morgan fingerprint density at radius 1 is 1.62 bits per heavy atom. The average Bonchev–Trinajstić information content (AvgIpc) is 2.41. The summed E-state index contributed by atoms with van der Waals surface area (Å²) in [5, 5.41) is 11.1. The summed E-state index contributed by atoms with van der Waals surface area (Å²) >= 11 is 0. The predicted molar refractivity (Wildman–Crippen MR) is 78.0 cm³/mol. The highest BCUT2D eigenvalue weighted by molar-refractivity contribution is 5.66. The molecule has 1 N–H and O–H groups in total. The Bertz CT molecular complexity index is 434. The van der Waals surface area contributed by atoms with Crippen LogP contribution in [0.15, 0.2) is 11.6 Å². The molecule has 1 fully saturated rings. The Kier molecular flexibility index (Phi) is 4.76. The summed E-state index contributed by atoms with van der Waals surface area (Å²) in [6, 6.07) is 0. The van der Waals surface area contributed by atoms with Crippen molar-refractivity contribution in [3.63, 3.8) is 0 Å². The molecular weight excluding hydrogens is 271 g/mol. The molecule has 0 amide bonds. The summed E-state index contributed by atoms with van der Waals surface area (Å²) in [6.07, 6.45) is 6.19. The van der Waals surface area contributed by atoms with Crippen LogP contribution in [0.1, 0.15) is 40.5 Å². The highest BCUT2D eigenvalue weighted by Gasteiger charge is 2.53. The smallest absolute Gasteiger partial charge is 0.303 e. The fourth-order valence-electron chi connectivity index (χ4n) is 3.72. The second-order valence-corrected chi connectivity index (χ2v) is 6.67. The molecule has 0 bridgehead atoms. The number of alkyl halides is 1. The third-order valence-corrected chi connectivity index (χ3v) is 5.13. The van der Waals surface area contributed by atoms with Gasteiger partial charge in [0.15, 0.2) is 0 Å². The van der Waals surface area contributed by atoms with Crippen LogP contribution >= 0.6 is 0 Å². The number of esters is 1. The lowest BCUT2D eigenvalue weighted by Gasteiger charge is -2.52. The highest BCUT2D eigenvalue weighted by Crippen LogP contribution is 2.50. The molecule has 0 aliphatic heterocycles. The fraction of sp³-hybridized carbons (Fsp3) is 0.765. The van der Waals surface area contributed by atoms with Crippen molar-refractivity contribution in [2.75, 3.05) is 6.67 Å². The SMILES string of the molecule is CC(=O)O[C@@H]1[C][C@@]2(O)[C@H](C)CC[C@@H]([C@H](C)CF)[C@H]2C=C1C. The molecule has 0 unspecified atom stereocenters. The number of ether oxygens (including phenoxy) is 1. The lowest BCUT2D eigenvalue weighted by Crippen LogP contribution is -2.56. The molecule has 0 aromatic rings. The van der Waals surface area contributed by atoms with Crippen LogP contribution < -0.4 is 0 Å². The molecule has 21 heavy (non-hydrogen) atoms. The molecule has 0 aromatic carbocycles. The van der Waals surface area contributed by atoms with Crippen molar-refractivity contribution in [3.8, 4) is 0 Å². The van der Waals surface area contributed by atoms with Gasteiger partial charge in [-0.15, -0.1) is 0 Å². The maximum absolute atomic E-state index is 13.1. The van der Waals surface area contributed by atoms with Gasteiger partial charge in [0.05, 0.1) is 18.7 Å². The van der Waals surface area contributed by atoms with E-state index in [1.54, 1.807) is 0 Å². The molecule has 6 atom stereocenters. The van der Waals surface area contributed by atoms with E-state index in [1.807, 2.05) is 26.8 Å². The summed E-state index contributed by atoms with van der Waals surface area (Å²) in [5.74, 6) is -0.520. The molecule has 0 saturated heterocycles. The Hall–Kier alpha value is -0.900. The molecular formula is C17H25FO3. The van der Waals surface area contributed by atoms with Gasteiger partial charge in [0, 0.05) is 12.8 Å². The molecule has 3 nitrogen and oxygen atoms in total. The van der Waals surface area contributed by atoms with E-state index < -0.39 is 11.7 Å². The van der Waals surface area contributed by atoms with E-state index in [0.29, 0.717) is 0 Å². The molecule has 2 radical (unpaired) electrons. The average molecular weight is 296 g/mol. The predicted octanol–water partition coefficient (Wildman–Crippen LogP) is 2.96. The second-order valence-electron chi connectivity index (χ2n) is 6.67. The molecule has 0 heterocycles. The van der Waals surface area contributed by atoms with Crippen LogP contribution in [0.3, 0.4) is 0 Å². The van der Waals surface area contributed by atoms with Gasteiger partial charge in [-0.05, 0) is 43.1 Å². The van der Waals surface area contributed by atoms with E-state index in [9.17, 15) is 14.3 Å². The number of halogens is 1. The number of rotatable bonds is 3. The van der Waals surface area contributed by atoms with Gasteiger partial charge in [-0.25, -0.2) is 0 Å². The number of carbonyl (C=O) groups is 1. The van der Waals surface area contributed by atoms with E-state index in [2.05, 4.69) is 6.42 Å². The zero-order chi connectivity index (χ0) is 15.8. The normalized spacial score (nSPS) is 41.0. The first-order valence-corrected chi connectivity index (χ1v) is 7.71. The van der Waals surface area contributed by atoms with Gasteiger partial charge >= 0.3 is 5.97 Å². The summed E-state index contributed by atoms with van der Waals surface area (Å²) < 4.78 is 18.3. The third kappa shape index (κ3) is 3.01. The van der Waals surface area contributed by atoms with Crippen LogP contribution in [0.2, 0.25) is 0 Å². The molecule has 1 saturated carbocycles. The number of hydrogen-bond donors (Lipinski definition) is 1. The molecule has 0 spiro atoms. The molecule has 0 aromatic heterocycles. The standard InChI is InChI=1S/C17H25FO3/c1-10-7-15-14(11(2)9-18)6-5-12(3)17(15,20)8-16(10)21-13(4)19/h7,11-12,14-16,20H,5-6,9H2,1-4H3/t11-,12-,14+,15-,16-,17-/m1/s1. The maximum Gasteiger partial charge on any atom is 0.303 e. The van der Waals surface area contributed by atoms with E-state index in [0.717, 1.165) is 18.4 Å². The maximum atomic E-state index is 13.1. The van der Waals surface area contributed by atoms with Crippen LogP contribution in [-0.4, -0.2) is 29.5 Å². The lowest BCUT2D eigenvalue weighted by atomic mass is 9.57. The van der Waals surface area contributed by atoms with Gasteiger partial charge in [-0.1, -0.05) is 19.9 Å². The number of carbonyl (C=O) groups excluding carboxylic acids is 1. The van der Waals surface area contributed by atoms with Crippen molar-refractivity contribution in [1.82, 2.24) is 0 Å². The topological polar surface area (TPSA) is 46.5 Å². The summed E-state index contributed by atoms with van der Waals surface area (Å²) in [6.45, 7) is 6.71. The first-order valence-electron chi connectivity index (χ1n) is 7.71. The van der Waals surface area contributed by atoms with E-state index >= 15 is 0 Å². The van der Waals surface area contributed by atoms with Crippen LogP contribution in [0, 0.1) is 30.1 Å². The van der Waals surface area contributed by atoms with Crippen LogP contribution in [0.4, 0.5) is 4.39 Å². The minimum atomic E-state index is -1.15. The van der Waals surface area contributed by atoms with E-state index in [-0.39, 0.29) is 36.3 Å². The summed E-state index contributed by atoms with van der Waals surface area (Å²) in [4.78, 5) is 11.2. The van der Waals surface area contributed by atoms with Crippen LogP contribution in [-0.2, 0) is 9.53 Å². The second kappa shape index (κ2) is 6.07. The van der Waals surface area contributed by atoms with Gasteiger partial charge in [-0.3, -0.25) is 9.18 Å². The minimum absolute atomic E-state index is 0.0213. The first-order chi connectivity index (χ1) is 9.79. The first kappa shape index (κ1) is 16.5. The van der Waals surface area contributed by atoms with Gasteiger partial charge in [0.2, 0.25) is 0 Å². The zero-order valence-corrected chi connectivity index (χ0v) is 13.2. The van der Waals surface area contributed by atoms with Gasteiger partial charge in [-0.2, -0.15) is 0 Å². The molecule has 2 aliphatic rings. The number of aliphatic hydroxyl groups is 1. The molecule has 2 aliphatic carbocycles.